The van der Waals surface area contributed by atoms with Crippen molar-refractivity contribution in [2.75, 3.05) is 13.7 Å². The molecule has 16 heavy (non-hydrogen) atoms. The van der Waals surface area contributed by atoms with Crippen LogP contribution < -0.4 is 10.1 Å². The standard InChI is InChI=1S/C13H19NO2/c1-9-5-6-10(12(15)13(9)16-2)8-11-4-3-7-14-11/h5-6,11,14-15H,3-4,7-8H2,1-2H3. The Morgan fingerprint density at radius 1 is 1.50 bits per heavy atom. The van der Waals surface area contributed by atoms with Crippen molar-refractivity contribution >= 4 is 0 Å². The minimum atomic E-state index is 0.302. The van der Waals surface area contributed by atoms with Gasteiger partial charge in [-0.2, -0.15) is 0 Å². The summed E-state index contributed by atoms with van der Waals surface area (Å²) in [5.41, 5.74) is 1.95. The largest absolute Gasteiger partial charge is 0.504 e. The lowest BCUT2D eigenvalue weighted by molar-refractivity contribution is 0.367. The fraction of sp³-hybridized carbons (Fsp3) is 0.538. The number of aryl methyl sites for hydroxylation is 1. The molecule has 1 aliphatic rings. The van der Waals surface area contributed by atoms with E-state index in [2.05, 4.69) is 5.32 Å². The average Bonchev–Trinajstić information content (AvgIpc) is 2.76. The van der Waals surface area contributed by atoms with Crippen LogP contribution in [0.4, 0.5) is 0 Å². The van der Waals surface area contributed by atoms with Crippen LogP contribution in [-0.4, -0.2) is 24.8 Å². The van der Waals surface area contributed by atoms with Gasteiger partial charge in [-0.15, -0.1) is 0 Å². The molecule has 1 unspecified atom stereocenters. The number of methoxy groups -OCH3 is 1. The zero-order chi connectivity index (χ0) is 11.5. The zero-order valence-corrected chi connectivity index (χ0v) is 9.92. The van der Waals surface area contributed by atoms with Crippen molar-refractivity contribution in [1.82, 2.24) is 5.32 Å². The molecule has 1 saturated heterocycles. The van der Waals surface area contributed by atoms with Gasteiger partial charge in [0.1, 0.15) is 0 Å². The number of phenolic OH excluding ortho intramolecular Hbond substituents is 1. The molecule has 3 nitrogen and oxygen atoms in total. The number of phenols is 1. The van der Waals surface area contributed by atoms with Crippen LogP contribution in [0.2, 0.25) is 0 Å². The van der Waals surface area contributed by atoms with Gasteiger partial charge in [0.2, 0.25) is 0 Å². The van der Waals surface area contributed by atoms with Crippen molar-refractivity contribution in [3.63, 3.8) is 0 Å². The van der Waals surface area contributed by atoms with Gasteiger partial charge in [-0.25, -0.2) is 0 Å². The lowest BCUT2D eigenvalue weighted by Gasteiger charge is -2.14. The maximum absolute atomic E-state index is 10.1. The molecule has 1 atom stereocenters. The number of benzene rings is 1. The molecule has 2 rings (SSSR count). The first-order valence-electron chi connectivity index (χ1n) is 5.81. The van der Waals surface area contributed by atoms with Gasteiger partial charge in [0.05, 0.1) is 7.11 Å². The molecule has 0 radical (unpaired) electrons. The van der Waals surface area contributed by atoms with Gasteiger partial charge in [0.25, 0.3) is 0 Å². The maximum atomic E-state index is 10.1. The summed E-state index contributed by atoms with van der Waals surface area (Å²) in [5.74, 6) is 0.909. The van der Waals surface area contributed by atoms with Crippen molar-refractivity contribution in [2.45, 2.75) is 32.2 Å². The number of nitrogens with one attached hydrogen (secondary N) is 1. The molecule has 0 aliphatic carbocycles. The highest BCUT2D eigenvalue weighted by Crippen LogP contribution is 2.34. The van der Waals surface area contributed by atoms with E-state index in [0.717, 1.165) is 24.1 Å². The van der Waals surface area contributed by atoms with Crippen LogP contribution in [0.3, 0.4) is 0 Å². The number of ether oxygens (including phenoxy) is 1. The smallest absolute Gasteiger partial charge is 0.163 e. The first-order chi connectivity index (χ1) is 7.72. The highest BCUT2D eigenvalue weighted by Gasteiger charge is 2.18. The SMILES string of the molecule is COc1c(C)ccc(CC2CCCN2)c1O. The van der Waals surface area contributed by atoms with Crippen LogP contribution in [0.25, 0.3) is 0 Å². The molecule has 0 saturated carbocycles. The molecule has 0 bridgehead atoms. The number of hydrogen-bond acceptors (Lipinski definition) is 3. The molecule has 1 aromatic rings. The van der Waals surface area contributed by atoms with E-state index in [-0.39, 0.29) is 0 Å². The van der Waals surface area contributed by atoms with Crippen molar-refractivity contribution in [3.05, 3.63) is 23.3 Å². The van der Waals surface area contributed by atoms with E-state index >= 15 is 0 Å². The average molecular weight is 221 g/mol. The lowest BCUT2D eigenvalue weighted by Crippen LogP contribution is -2.23. The molecule has 0 aromatic heterocycles. The van der Waals surface area contributed by atoms with Gasteiger partial charge in [-0.3, -0.25) is 0 Å². The van der Waals surface area contributed by atoms with E-state index in [1.54, 1.807) is 7.11 Å². The molecule has 1 heterocycles. The number of hydrogen-bond donors (Lipinski definition) is 2. The van der Waals surface area contributed by atoms with E-state index in [9.17, 15) is 5.11 Å². The fourth-order valence-electron chi connectivity index (χ4n) is 2.33. The van der Waals surface area contributed by atoms with E-state index < -0.39 is 0 Å². The third-order valence-electron chi connectivity index (χ3n) is 3.24. The summed E-state index contributed by atoms with van der Waals surface area (Å²) < 4.78 is 5.21. The van der Waals surface area contributed by atoms with Gasteiger partial charge in [-0.1, -0.05) is 12.1 Å². The summed E-state index contributed by atoms with van der Waals surface area (Å²) in [6.07, 6.45) is 3.30. The minimum Gasteiger partial charge on any atom is -0.504 e. The Labute approximate surface area is 96.4 Å². The summed E-state index contributed by atoms with van der Waals surface area (Å²) in [4.78, 5) is 0. The molecule has 88 valence electrons. The second kappa shape index (κ2) is 4.74. The second-order valence-corrected chi connectivity index (χ2v) is 4.42. The van der Waals surface area contributed by atoms with Crippen LogP contribution in [-0.2, 0) is 6.42 Å². The van der Waals surface area contributed by atoms with Crippen molar-refractivity contribution in [1.29, 1.82) is 0 Å². The Balaban J connectivity index is 2.20. The van der Waals surface area contributed by atoms with Gasteiger partial charge in [0, 0.05) is 6.04 Å². The molecule has 3 heteroatoms. The topological polar surface area (TPSA) is 41.5 Å². The van der Waals surface area contributed by atoms with Crippen molar-refractivity contribution < 1.29 is 9.84 Å². The molecular formula is C13H19NO2. The predicted octanol–water partition coefficient (Wildman–Crippen LogP) is 2.00. The van der Waals surface area contributed by atoms with Gasteiger partial charge in [-0.05, 0) is 43.9 Å². The Hall–Kier alpha value is -1.22. The Morgan fingerprint density at radius 2 is 2.31 bits per heavy atom. The predicted molar refractivity (Wildman–Crippen MR) is 64.1 cm³/mol. The Bertz CT molecular complexity index is 370. The van der Waals surface area contributed by atoms with Crippen LogP contribution in [0.15, 0.2) is 12.1 Å². The minimum absolute atomic E-state index is 0.302. The monoisotopic (exact) mass is 221 g/mol. The molecular weight excluding hydrogens is 202 g/mol. The van der Waals surface area contributed by atoms with Crippen LogP contribution in [0.1, 0.15) is 24.0 Å². The van der Waals surface area contributed by atoms with E-state index in [1.165, 1.54) is 12.8 Å². The highest BCUT2D eigenvalue weighted by molar-refractivity contribution is 5.50. The molecule has 1 fully saturated rings. The summed E-state index contributed by atoms with van der Waals surface area (Å²) in [7, 11) is 1.60. The molecule has 1 aromatic carbocycles. The second-order valence-electron chi connectivity index (χ2n) is 4.42. The molecule has 0 spiro atoms. The number of aromatic hydroxyl groups is 1. The third kappa shape index (κ3) is 2.14. The Kier molecular flexibility index (Phi) is 3.34. The highest BCUT2D eigenvalue weighted by atomic mass is 16.5. The third-order valence-corrected chi connectivity index (χ3v) is 3.24. The summed E-state index contributed by atoms with van der Waals surface area (Å²) >= 11 is 0. The van der Waals surface area contributed by atoms with E-state index in [4.69, 9.17) is 4.74 Å². The zero-order valence-electron chi connectivity index (χ0n) is 9.92. The van der Waals surface area contributed by atoms with Crippen LogP contribution >= 0.6 is 0 Å². The first kappa shape index (κ1) is 11.3. The summed E-state index contributed by atoms with van der Waals surface area (Å²) in [6, 6.07) is 4.49. The molecule has 2 N–H and O–H groups in total. The van der Waals surface area contributed by atoms with Gasteiger partial charge in [0.15, 0.2) is 11.5 Å². The lowest BCUT2D eigenvalue weighted by atomic mass is 10.0. The molecule has 1 aliphatic heterocycles. The molecule has 0 amide bonds. The van der Waals surface area contributed by atoms with Gasteiger partial charge >= 0.3 is 0 Å². The van der Waals surface area contributed by atoms with Crippen molar-refractivity contribution in [2.24, 2.45) is 0 Å². The Morgan fingerprint density at radius 3 is 2.94 bits per heavy atom. The van der Waals surface area contributed by atoms with E-state index in [0.29, 0.717) is 17.5 Å². The fourth-order valence-corrected chi connectivity index (χ4v) is 2.33. The van der Waals surface area contributed by atoms with Crippen LogP contribution in [0.5, 0.6) is 11.5 Å². The summed E-state index contributed by atoms with van der Waals surface area (Å²) in [6.45, 7) is 3.03. The van der Waals surface area contributed by atoms with Crippen LogP contribution in [0, 0.1) is 6.92 Å². The summed E-state index contributed by atoms with van der Waals surface area (Å²) in [5, 5.41) is 13.5. The first-order valence-corrected chi connectivity index (χ1v) is 5.81. The quantitative estimate of drug-likeness (QED) is 0.820. The maximum Gasteiger partial charge on any atom is 0.163 e. The number of rotatable bonds is 3. The van der Waals surface area contributed by atoms with Gasteiger partial charge < -0.3 is 15.2 Å². The van der Waals surface area contributed by atoms with Crippen molar-refractivity contribution in [3.8, 4) is 11.5 Å². The normalized spacial score (nSPS) is 20.0. The van der Waals surface area contributed by atoms with E-state index in [1.807, 2.05) is 19.1 Å².